The lowest BCUT2D eigenvalue weighted by atomic mass is 10.0. The molecule has 7 heteroatoms. The van der Waals surface area contributed by atoms with Crippen LogP contribution in [0.25, 0.3) is 128 Å². The number of para-hydroxylation sites is 4. The zero-order valence-corrected chi connectivity index (χ0v) is 38.1. The van der Waals surface area contributed by atoms with Crippen LogP contribution in [0.2, 0.25) is 0 Å². The Labute approximate surface area is 408 Å². The number of hydrogen-bond acceptors (Lipinski definition) is 4. The monoisotopic (exact) mass is 905 g/mol. The Bertz CT molecular complexity index is 4120. The highest BCUT2D eigenvalue weighted by atomic mass is 15.1. The van der Waals surface area contributed by atoms with Crippen molar-refractivity contribution in [1.29, 1.82) is 5.26 Å². The molecule has 0 unspecified atom stereocenters. The molecule has 0 amide bonds. The van der Waals surface area contributed by atoms with Crippen LogP contribution in [-0.2, 0) is 0 Å². The van der Waals surface area contributed by atoms with Gasteiger partial charge in [-0.05, 0) is 96.1 Å². The maximum Gasteiger partial charge on any atom is 0.166 e. The number of nitriles is 1. The molecule has 330 valence electrons. The van der Waals surface area contributed by atoms with Gasteiger partial charge in [0.05, 0.1) is 50.4 Å². The summed E-state index contributed by atoms with van der Waals surface area (Å²) in [5.41, 5.74) is 14.9. The molecule has 0 fully saturated rings. The van der Waals surface area contributed by atoms with Gasteiger partial charge in [-0.2, -0.15) is 5.26 Å². The van der Waals surface area contributed by atoms with Crippen LogP contribution >= 0.6 is 0 Å². The minimum Gasteiger partial charge on any atom is -0.309 e. The molecule has 0 aliphatic carbocycles. The van der Waals surface area contributed by atoms with Crippen LogP contribution < -0.4 is 0 Å². The fourth-order valence-electron chi connectivity index (χ4n) is 10.7. The van der Waals surface area contributed by atoms with Crippen molar-refractivity contribution in [3.05, 3.63) is 242 Å². The molecule has 10 aromatic carbocycles. The van der Waals surface area contributed by atoms with Crippen molar-refractivity contribution in [3.8, 4) is 68.4 Å². The molecule has 71 heavy (non-hydrogen) atoms. The maximum atomic E-state index is 9.73. The lowest BCUT2D eigenvalue weighted by Crippen LogP contribution is -2.04. The van der Waals surface area contributed by atoms with Crippen LogP contribution in [0, 0.1) is 11.3 Å². The number of rotatable bonds is 7. The van der Waals surface area contributed by atoms with Crippen molar-refractivity contribution >= 4 is 65.4 Å². The molecule has 0 saturated carbocycles. The van der Waals surface area contributed by atoms with Gasteiger partial charge in [-0.15, -0.1) is 0 Å². The van der Waals surface area contributed by atoms with Crippen molar-refractivity contribution in [2.75, 3.05) is 0 Å². The molecule has 0 saturated heterocycles. The fourth-order valence-corrected chi connectivity index (χ4v) is 10.7. The predicted molar refractivity (Wildman–Crippen MR) is 289 cm³/mol. The van der Waals surface area contributed by atoms with E-state index in [-0.39, 0.29) is 0 Å². The Kier molecular flexibility index (Phi) is 9.13. The average Bonchev–Trinajstić information content (AvgIpc) is 4.08. The van der Waals surface area contributed by atoms with Gasteiger partial charge in [0, 0.05) is 60.4 Å². The van der Waals surface area contributed by atoms with E-state index in [2.05, 4.69) is 171 Å². The van der Waals surface area contributed by atoms with Gasteiger partial charge in [0.15, 0.2) is 17.5 Å². The fraction of sp³-hybridized carbons (Fsp3) is 0. The van der Waals surface area contributed by atoms with E-state index in [4.69, 9.17) is 15.0 Å². The third-order valence-corrected chi connectivity index (χ3v) is 13.9. The van der Waals surface area contributed by atoms with Crippen LogP contribution in [0.1, 0.15) is 5.56 Å². The van der Waals surface area contributed by atoms with Crippen molar-refractivity contribution in [1.82, 2.24) is 28.7 Å². The summed E-state index contributed by atoms with van der Waals surface area (Å²) in [6.45, 7) is 0. The minimum absolute atomic E-state index is 0.554. The second kappa shape index (κ2) is 16.1. The van der Waals surface area contributed by atoms with E-state index in [9.17, 15) is 5.26 Å². The number of aromatic nitrogens is 6. The van der Waals surface area contributed by atoms with Gasteiger partial charge in [-0.1, -0.05) is 152 Å². The molecule has 0 aliphatic heterocycles. The second-order valence-electron chi connectivity index (χ2n) is 17.9. The summed E-state index contributed by atoms with van der Waals surface area (Å²) >= 11 is 0. The number of benzene rings is 10. The lowest BCUT2D eigenvalue weighted by molar-refractivity contribution is 1.06. The molecule has 7 nitrogen and oxygen atoms in total. The van der Waals surface area contributed by atoms with E-state index in [1.165, 1.54) is 21.5 Å². The molecule has 0 atom stereocenters. The molecule has 0 N–H and O–H groups in total. The van der Waals surface area contributed by atoms with Gasteiger partial charge < -0.3 is 13.7 Å². The highest BCUT2D eigenvalue weighted by Gasteiger charge is 2.23. The van der Waals surface area contributed by atoms with Gasteiger partial charge in [-0.25, -0.2) is 15.0 Å². The van der Waals surface area contributed by atoms with E-state index in [0.29, 0.717) is 23.0 Å². The van der Waals surface area contributed by atoms with Crippen molar-refractivity contribution in [2.24, 2.45) is 0 Å². The van der Waals surface area contributed by atoms with Gasteiger partial charge >= 0.3 is 0 Å². The summed E-state index contributed by atoms with van der Waals surface area (Å²) in [6, 6.07) is 85.2. The zero-order valence-electron chi connectivity index (χ0n) is 38.1. The van der Waals surface area contributed by atoms with Gasteiger partial charge in [0.1, 0.15) is 0 Å². The van der Waals surface area contributed by atoms with E-state index < -0.39 is 0 Å². The molecule has 0 bridgehead atoms. The van der Waals surface area contributed by atoms with E-state index >= 15 is 0 Å². The number of fused-ring (bicyclic) bond motifs is 9. The standard InChI is InChI=1S/C64H39N7/c65-40-41-27-29-42(30-28-41)45-31-34-52(64-67-62(43-15-3-1-4-16-43)66-63(68-64)44-17-5-2-6-18-44)61(37-45)71-59-35-32-46(69-55-23-11-7-19-48(55)49-20-8-12-24-56(49)69)38-53(59)54-39-47(33-36-60(54)71)70-57-25-13-9-21-50(57)51-22-10-14-26-58(51)70/h1-39H. The Morgan fingerprint density at radius 2 is 0.690 bits per heavy atom. The van der Waals surface area contributed by atoms with Crippen LogP contribution in [-0.4, -0.2) is 28.7 Å². The van der Waals surface area contributed by atoms with E-state index in [1.54, 1.807) is 0 Å². The third-order valence-electron chi connectivity index (χ3n) is 13.9. The third kappa shape index (κ3) is 6.47. The second-order valence-corrected chi connectivity index (χ2v) is 17.9. The maximum absolute atomic E-state index is 9.73. The van der Waals surface area contributed by atoms with Gasteiger partial charge in [0.25, 0.3) is 0 Å². The Morgan fingerprint density at radius 1 is 0.296 bits per heavy atom. The number of nitrogens with zero attached hydrogens (tertiary/aromatic N) is 7. The first-order chi connectivity index (χ1) is 35.2. The zero-order chi connectivity index (χ0) is 47.0. The number of hydrogen-bond donors (Lipinski definition) is 0. The summed E-state index contributed by atoms with van der Waals surface area (Å²) in [4.78, 5) is 15.6. The SMILES string of the molecule is N#Cc1ccc(-c2ccc(-c3nc(-c4ccccc4)nc(-c4ccccc4)n3)c(-n3c4ccc(-n5c6ccccc6c6ccccc65)cc4c4cc(-n5c6ccccc6c6ccccc65)ccc43)c2)cc1. The molecule has 4 aromatic heterocycles. The Balaban J connectivity index is 1.09. The highest BCUT2D eigenvalue weighted by Crippen LogP contribution is 2.42. The van der Waals surface area contributed by atoms with Crippen LogP contribution in [0.4, 0.5) is 0 Å². The first kappa shape index (κ1) is 40.2. The summed E-state index contributed by atoms with van der Waals surface area (Å²) in [5.74, 6) is 1.73. The molecule has 0 aliphatic rings. The smallest absolute Gasteiger partial charge is 0.166 e. The quantitative estimate of drug-likeness (QED) is 0.160. The van der Waals surface area contributed by atoms with Crippen molar-refractivity contribution in [2.45, 2.75) is 0 Å². The predicted octanol–water partition coefficient (Wildman–Crippen LogP) is 15.7. The molecular formula is C64H39N7. The summed E-state index contributed by atoms with van der Waals surface area (Å²) in [6.07, 6.45) is 0. The van der Waals surface area contributed by atoms with E-state index in [1.807, 2.05) is 84.9 Å². The minimum atomic E-state index is 0.554. The van der Waals surface area contributed by atoms with Gasteiger partial charge in [0.2, 0.25) is 0 Å². The molecule has 4 heterocycles. The summed E-state index contributed by atoms with van der Waals surface area (Å²) < 4.78 is 7.16. The highest BCUT2D eigenvalue weighted by molar-refractivity contribution is 6.14. The molecular weight excluding hydrogens is 867 g/mol. The lowest BCUT2D eigenvalue weighted by Gasteiger charge is -2.17. The normalized spacial score (nSPS) is 11.6. The Morgan fingerprint density at radius 3 is 1.14 bits per heavy atom. The van der Waals surface area contributed by atoms with E-state index in [0.717, 1.165) is 88.8 Å². The largest absolute Gasteiger partial charge is 0.309 e. The van der Waals surface area contributed by atoms with Crippen molar-refractivity contribution < 1.29 is 0 Å². The summed E-state index contributed by atoms with van der Waals surface area (Å²) in [5, 5.41) is 16.8. The van der Waals surface area contributed by atoms with Crippen LogP contribution in [0.3, 0.4) is 0 Å². The van der Waals surface area contributed by atoms with Crippen LogP contribution in [0.5, 0.6) is 0 Å². The molecule has 14 rings (SSSR count). The molecule has 0 spiro atoms. The molecule has 0 radical (unpaired) electrons. The van der Waals surface area contributed by atoms with Crippen molar-refractivity contribution in [3.63, 3.8) is 0 Å². The molecule has 14 aromatic rings. The van der Waals surface area contributed by atoms with Gasteiger partial charge in [-0.3, -0.25) is 0 Å². The Hall–Kier alpha value is -9.90. The first-order valence-electron chi connectivity index (χ1n) is 23.7. The average molecular weight is 906 g/mol. The van der Waals surface area contributed by atoms with Crippen LogP contribution in [0.15, 0.2) is 237 Å². The summed E-state index contributed by atoms with van der Waals surface area (Å²) in [7, 11) is 0. The topological polar surface area (TPSA) is 77.2 Å². The first-order valence-corrected chi connectivity index (χ1v) is 23.7.